The molecule has 0 aliphatic rings. The van der Waals surface area contributed by atoms with Gasteiger partial charge in [-0.3, -0.25) is 4.72 Å². The standard InChI is InChI=1S/C25H23F4NO6S/c1-33-19-11-10-16(9-8-15-12-20(34-2)24(36-4)21(13-15)35-3)23(22(19)26)30-37(31,32)18-7-5-6-17(14-18)25(27,28)29/h5-14,30H,1-4H3. The molecule has 0 fully saturated rings. The first-order valence-corrected chi connectivity index (χ1v) is 12.0. The van der Waals surface area contributed by atoms with Crippen molar-refractivity contribution in [2.24, 2.45) is 0 Å². The second-order valence-electron chi connectivity index (χ2n) is 7.47. The van der Waals surface area contributed by atoms with Crippen LogP contribution in [0.2, 0.25) is 0 Å². The van der Waals surface area contributed by atoms with Gasteiger partial charge in [0.05, 0.1) is 44.6 Å². The Kier molecular flexibility index (Phi) is 8.22. The number of hydrogen-bond acceptors (Lipinski definition) is 6. The number of anilines is 1. The topological polar surface area (TPSA) is 83.1 Å². The highest BCUT2D eigenvalue weighted by Gasteiger charge is 2.32. The largest absolute Gasteiger partial charge is 0.494 e. The number of sulfonamides is 1. The summed E-state index contributed by atoms with van der Waals surface area (Å²) in [5.41, 5.74) is -1.07. The van der Waals surface area contributed by atoms with Gasteiger partial charge in [0.25, 0.3) is 10.0 Å². The average Bonchev–Trinajstić information content (AvgIpc) is 2.87. The summed E-state index contributed by atoms with van der Waals surface area (Å²) < 4.78 is 103. The lowest BCUT2D eigenvalue weighted by Gasteiger charge is -2.15. The smallest absolute Gasteiger partial charge is 0.416 e. The highest BCUT2D eigenvalue weighted by atomic mass is 32.2. The third-order valence-corrected chi connectivity index (χ3v) is 6.56. The van der Waals surface area contributed by atoms with E-state index in [2.05, 4.69) is 4.72 Å². The van der Waals surface area contributed by atoms with Crippen molar-refractivity contribution in [3.05, 3.63) is 71.0 Å². The average molecular weight is 542 g/mol. The summed E-state index contributed by atoms with van der Waals surface area (Å²) >= 11 is 0. The summed E-state index contributed by atoms with van der Waals surface area (Å²) in [4.78, 5) is -0.691. The summed E-state index contributed by atoms with van der Waals surface area (Å²) in [6.45, 7) is 0. The Morgan fingerprint density at radius 1 is 0.811 bits per heavy atom. The van der Waals surface area contributed by atoms with Crippen molar-refractivity contribution in [2.75, 3.05) is 33.2 Å². The van der Waals surface area contributed by atoms with Gasteiger partial charge in [-0.05, 0) is 48.0 Å². The monoisotopic (exact) mass is 541 g/mol. The van der Waals surface area contributed by atoms with E-state index in [9.17, 15) is 21.6 Å². The van der Waals surface area contributed by atoms with Crippen molar-refractivity contribution in [1.29, 1.82) is 0 Å². The maximum Gasteiger partial charge on any atom is 0.416 e. The van der Waals surface area contributed by atoms with Gasteiger partial charge in [-0.25, -0.2) is 12.8 Å². The van der Waals surface area contributed by atoms with E-state index in [1.54, 1.807) is 12.1 Å². The van der Waals surface area contributed by atoms with E-state index in [0.29, 0.717) is 28.9 Å². The Bertz CT molecular complexity index is 1400. The Hall–Kier alpha value is -3.93. The lowest BCUT2D eigenvalue weighted by atomic mass is 10.1. The molecule has 198 valence electrons. The summed E-state index contributed by atoms with van der Waals surface area (Å²) in [5.74, 6) is -0.260. The summed E-state index contributed by atoms with van der Waals surface area (Å²) in [6.07, 6.45) is -1.82. The molecule has 3 aromatic rings. The van der Waals surface area contributed by atoms with E-state index in [-0.39, 0.29) is 11.3 Å². The first-order chi connectivity index (χ1) is 17.4. The molecule has 0 aliphatic heterocycles. The Morgan fingerprint density at radius 2 is 1.43 bits per heavy atom. The van der Waals surface area contributed by atoms with Crippen LogP contribution in [0.4, 0.5) is 23.2 Å². The first-order valence-electron chi connectivity index (χ1n) is 10.5. The number of ether oxygens (including phenoxy) is 4. The van der Waals surface area contributed by atoms with Gasteiger partial charge in [0, 0.05) is 5.56 Å². The summed E-state index contributed by atoms with van der Waals surface area (Å²) in [5, 5.41) is 0. The minimum Gasteiger partial charge on any atom is -0.494 e. The Balaban J connectivity index is 2.07. The zero-order valence-corrected chi connectivity index (χ0v) is 21.0. The van der Waals surface area contributed by atoms with E-state index in [4.69, 9.17) is 18.9 Å². The third kappa shape index (κ3) is 6.08. The molecule has 0 atom stereocenters. The fraction of sp³-hybridized carbons (Fsp3) is 0.200. The molecule has 0 aliphatic carbocycles. The van der Waals surface area contributed by atoms with E-state index in [1.165, 1.54) is 52.7 Å². The summed E-state index contributed by atoms with van der Waals surface area (Å²) in [7, 11) is 0.887. The van der Waals surface area contributed by atoms with Gasteiger partial charge < -0.3 is 18.9 Å². The molecule has 12 heteroatoms. The van der Waals surface area contributed by atoms with E-state index in [1.807, 2.05) is 0 Å². The first kappa shape index (κ1) is 27.7. The summed E-state index contributed by atoms with van der Waals surface area (Å²) in [6, 6.07) is 9.02. The maximum atomic E-state index is 15.2. The van der Waals surface area contributed by atoms with Gasteiger partial charge in [-0.2, -0.15) is 13.2 Å². The highest BCUT2D eigenvalue weighted by Crippen LogP contribution is 2.39. The number of nitrogens with one attached hydrogen (secondary N) is 1. The second kappa shape index (κ2) is 11.0. The lowest BCUT2D eigenvalue weighted by Crippen LogP contribution is -2.16. The van der Waals surface area contributed by atoms with Crippen LogP contribution in [0.25, 0.3) is 12.2 Å². The maximum absolute atomic E-state index is 15.2. The van der Waals surface area contributed by atoms with Crippen molar-refractivity contribution in [2.45, 2.75) is 11.1 Å². The molecule has 3 rings (SSSR count). The van der Waals surface area contributed by atoms with E-state index >= 15 is 4.39 Å². The molecular weight excluding hydrogens is 518 g/mol. The molecular formula is C25H23F4NO6S. The van der Waals surface area contributed by atoms with Gasteiger partial charge in [-0.15, -0.1) is 0 Å². The van der Waals surface area contributed by atoms with E-state index in [0.717, 1.165) is 18.2 Å². The van der Waals surface area contributed by atoms with Crippen LogP contribution in [0.3, 0.4) is 0 Å². The van der Waals surface area contributed by atoms with E-state index < -0.39 is 38.2 Å². The van der Waals surface area contributed by atoms with Gasteiger partial charge in [0.2, 0.25) is 5.75 Å². The molecule has 0 radical (unpaired) electrons. The van der Waals surface area contributed by atoms with Crippen molar-refractivity contribution in [1.82, 2.24) is 0 Å². The molecule has 0 spiro atoms. The fourth-order valence-electron chi connectivity index (χ4n) is 3.39. The predicted molar refractivity (Wildman–Crippen MR) is 130 cm³/mol. The van der Waals surface area contributed by atoms with Crippen LogP contribution in [0.5, 0.6) is 23.0 Å². The number of methoxy groups -OCH3 is 4. The minimum absolute atomic E-state index is 0.0719. The van der Waals surface area contributed by atoms with Crippen molar-refractivity contribution in [3.8, 4) is 23.0 Å². The molecule has 0 bridgehead atoms. The zero-order valence-electron chi connectivity index (χ0n) is 20.1. The Labute approximate surface area is 211 Å². The Morgan fingerprint density at radius 3 is 1.97 bits per heavy atom. The molecule has 1 N–H and O–H groups in total. The number of halogens is 4. The van der Waals surface area contributed by atoms with Crippen LogP contribution >= 0.6 is 0 Å². The SMILES string of the molecule is COc1ccc(C=Cc2cc(OC)c(OC)c(OC)c2)c(NS(=O)(=O)c2cccc(C(F)(F)F)c2)c1F. The molecule has 0 unspecified atom stereocenters. The predicted octanol–water partition coefficient (Wildman–Crippen LogP) is 5.85. The van der Waals surface area contributed by atoms with Gasteiger partial charge >= 0.3 is 6.18 Å². The third-order valence-electron chi connectivity index (χ3n) is 5.21. The molecule has 7 nitrogen and oxygen atoms in total. The van der Waals surface area contributed by atoms with Crippen LogP contribution in [0.15, 0.2) is 53.4 Å². The lowest BCUT2D eigenvalue weighted by molar-refractivity contribution is -0.137. The van der Waals surface area contributed by atoms with Gasteiger partial charge in [0.1, 0.15) is 0 Å². The van der Waals surface area contributed by atoms with Crippen molar-refractivity contribution in [3.63, 3.8) is 0 Å². The van der Waals surface area contributed by atoms with Crippen molar-refractivity contribution < 1.29 is 44.9 Å². The normalized spacial score (nSPS) is 11.9. The second-order valence-corrected chi connectivity index (χ2v) is 9.15. The zero-order chi connectivity index (χ0) is 27.4. The van der Waals surface area contributed by atoms with Crippen LogP contribution in [-0.2, 0) is 16.2 Å². The number of hydrogen-bond donors (Lipinski definition) is 1. The molecule has 0 aromatic heterocycles. The van der Waals surface area contributed by atoms with Crippen molar-refractivity contribution >= 4 is 27.9 Å². The van der Waals surface area contributed by atoms with Crippen LogP contribution in [-0.4, -0.2) is 36.9 Å². The van der Waals surface area contributed by atoms with Gasteiger partial charge in [0.15, 0.2) is 23.1 Å². The number of alkyl halides is 3. The minimum atomic E-state index is -4.76. The van der Waals surface area contributed by atoms with Crippen LogP contribution in [0, 0.1) is 5.82 Å². The molecule has 3 aromatic carbocycles. The fourth-order valence-corrected chi connectivity index (χ4v) is 4.52. The number of rotatable bonds is 9. The molecule has 0 saturated carbocycles. The highest BCUT2D eigenvalue weighted by molar-refractivity contribution is 7.92. The molecule has 0 heterocycles. The number of benzene rings is 3. The van der Waals surface area contributed by atoms with Crippen LogP contribution in [0.1, 0.15) is 16.7 Å². The molecule has 0 amide bonds. The molecule has 0 saturated heterocycles. The quantitative estimate of drug-likeness (QED) is 0.270. The van der Waals surface area contributed by atoms with Crippen LogP contribution < -0.4 is 23.7 Å². The van der Waals surface area contributed by atoms with Gasteiger partial charge in [-0.1, -0.05) is 18.2 Å². The molecule has 37 heavy (non-hydrogen) atoms.